The summed E-state index contributed by atoms with van der Waals surface area (Å²) >= 11 is 5.50. The van der Waals surface area contributed by atoms with Gasteiger partial charge in [0.2, 0.25) is 0 Å². The van der Waals surface area contributed by atoms with Gasteiger partial charge in [0, 0.05) is 18.9 Å². The van der Waals surface area contributed by atoms with Crippen LogP contribution in [0.5, 0.6) is 0 Å². The van der Waals surface area contributed by atoms with E-state index < -0.39 is 29.6 Å². The molecule has 9 heteroatoms. The van der Waals surface area contributed by atoms with Crippen LogP contribution >= 0.6 is 11.6 Å². The Morgan fingerprint density at radius 1 is 1.29 bits per heavy atom. The first kappa shape index (κ1) is 18.2. The lowest BCUT2D eigenvalue weighted by atomic mass is 10.1. The zero-order valence-electron chi connectivity index (χ0n) is 11.9. The molecule has 1 unspecified atom stereocenters. The molecule has 0 saturated heterocycles. The van der Waals surface area contributed by atoms with Gasteiger partial charge < -0.3 is 10.4 Å². The van der Waals surface area contributed by atoms with E-state index in [0.717, 1.165) is 18.3 Å². The number of aliphatic hydroxyl groups excluding tert-OH is 1. The summed E-state index contributed by atoms with van der Waals surface area (Å²) < 4.78 is 51.0. The van der Waals surface area contributed by atoms with Gasteiger partial charge in [-0.15, -0.1) is 0 Å². The fourth-order valence-electron chi connectivity index (χ4n) is 1.86. The van der Waals surface area contributed by atoms with Crippen LogP contribution in [0, 0.1) is 5.82 Å². The normalized spacial score (nSPS) is 12.8. The van der Waals surface area contributed by atoms with Gasteiger partial charge in [0.05, 0.1) is 10.6 Å². The van der Waals surface area contributed by atoms with Gasteiger partial charge in [-0.3, -0.25) is 9.78 Å². The maximum Gasteiger partial charge on any atom is 0.417 e. The lowest BCUT2D eigenvalue weighted by Crippen LogP contribution is -2.29. The molecule has 1 atom stereocenters. The molecule has 1 aromatic heterocycles. The van der Waals surface area contributed by atoms with E-state index in [1.165, 1.54) is 12.1 Å². The van der Waals surface area contributed by atoms with Crippen molar-refractivity contribution in [2.75, 3.05) is 0 Å². The topological polar surface area (TPSA) is 62.2 Å². The zero-order chi connectivity index (χ0) is 17.9. The number of amides is 1. The third-order valence-corrected chi connectivity index (χ3v) is 3.40. The summed E-state index contributed by atoms with van der Waals surface area (Å²) in [6, 6.07) is 4.18. The van der Waals surface area contributed by atoms with Crippen molar-refractivity contribution < 1.29 is 27.5 Å². The number of hydrogen-bond donors (Lipinski definition) is 2. The number of aromatic nitrogens is 1. The highest BCUT2D eigenvalue weighted by atomic mass is 35.5. The summed E-state index contributed by atoms with van der Waals surface area (Å²) in [4.78, 5) is 15.3. The molecule has 0 aliphatic heterocycles. The maximum absolute atomic E-state index is 13.3. The highest BCUT2D eigenvalue weighted by molar-refractivity contribution is 6.30. The summed E-state index contributed by atoms with van der Waals surface area (Å²) in [7, 11) is 0. The lowest BCUT2D eigenvalue weighted by molar-refractivity contribution is -0.137. The van der Waals surface area contributed by atoms with E-state index in [2.05, 4.69) is 10.3 Å². The van der Waals surface area contributed by atoms with Crippen LogP contribution in [0.2, 0.25) is 5.02 Å². The molecule has 1 amide bonds. The largest absolute Gasteiger partial charge is 0.417 e. The van der Waals surface area contributed by atoms with Crippen LogP contribution in [0.1, 0.15) is 22.8 Å². The Morgan fingerprint density at radius 3 is 2.62 bits per heavy atom. The number of carbonyl (C=O) groups is 1. The van der Waals surface area contributed by atoms with E-state index in [1.807, 2.05) is 0 Å². The number of benzene rings is 1. The van der Waals surface area contributed by atoms with Gasteiger partial charge in [-0.1, -0.05) is 17.7 Å². The molecule has 0 saturated carbocycles. The minimum atomic E-state index is -4.55. The van der Waals surface area contributed by atoms with Gasteiger partial charge in [0.25, 0.3) is 5.91 Å². The summed E-state index contributed by atoms with van der Waals surface area (Å²) in [5.41, 5.74) is -0.876. The van der Waals surface area contributed by atoms with Crippen molar-refractivity contribution in [3.63, 3.8) is 0 Å². The third-order valence-electron chi connectivity index (χ3n) is 3.10. The van der Waals surface area contributed by atoms with E-state index in [0.29, 0.717) is 6.20 Å². The van der Waals surface area contributed by atoms with Crippen LogP contribution < -0.4 is 5.32 Å². The second kappa shape index (κ2) is 7.14. The predicted molar refractivity (Wildman–Crippen MR) is 77.5 cm³/mol. The highest BCUT2D eigenvalue weighted by Crippen LogP contribution is 2.29. The molecule has 2 N–H and O–H groups in total. The molecular formula is C15H11ClF4N2O2. The summed E-state index contributed by atoms with van der Waals surface area (Å²) in [5, 5.41) is 11.9. The molecule has 24 heavy (non-hydrogen) atoms. The number of alkyl halides is 3. The van der Waals surface area contributed by atoms with Crippen molar-refractivity contribution in [1.29, 1.82) is 0 Å². The van der Waals surface area contributed by atoms with Crippen molar-refractivity contribution in [2.45, 2.75) is 18.8 Å². The average Bonchev–Trinajstić information content (AvgIpc) is 2.54. The van der Waals surface area contributed by atoms with Crippen molar-refractivity contribution in [1.82, 2.24) is 10.3 Å². The number of pyridine rings is 1. The Balaban J connectivity index is 2.03. The minimum Gasteiger partial charge on any atom is -0.378 e. The first-order valence-electron chi connectivity index (χ1n) is 6.60. The van der Waals surface area contributed by atoms with Gasteiger partial charge in [-0.05, 0) is 29.3 Å². The van der Waals surface area contributed by atoms with Gasteiger partial charge >= 0.3 is 6.18 Å². The molecule has 0 aliphatic carbocycles. The summed E-state index contributed by atoms with van der Waals surface area (Å²) in [5.74, 6) is -1.70. The Morgan fingerprint density at radius 2 is 2.00 bits per heavy atom. The number of nitrogens with one attached hydrogen (secondary N) is 1. The van der Waals surface area contributed by atoms with Crippen molar-refractivity contribution in [3.05, 3.63) is 64.2 Å². The number of nitrogens with zero attached hydrogens (tertiary/aromatic N) is 1. The highest BCUT2D eigenvalue weighted by Gasteiger charge is 2.31. The van der Waals surface area contributed by atoms with Gasteiger partial charge in [-0.25, -0.2) is 4.39 Å². The molecule has 2 rings (SSSR count). The monoisotopic (exact) mass is 362 g/mol. The first-order valence-corrected chi connectivity index (χ1v) is 6.98. The molecule has 0 radical (unpaired) electrons. The van der Waals surface area contributed by atoms with Crippen LogP contribution in [0.25, 0.3) is 0 Å². The molecule has 0 aliphatic rings. The fourth-order valence-corrected chi connectivity index (χ4v) is 1.98. The van der Waals surface area contributed by atoms with E-state index in [9.17, 15) is 27.5 Å². The molecule has 0 bridgehead atoms. The van der Waals surface area contributed by atoms with Gasteiger partial charge in [-0.2, -0.15) is 13.2 Å². The van der Waals surface area contributed by atoms with E-state index in [-0.39, 0.29) is 22.7 Å². The number of aliphatic hydroxyl groups is 1. The molecule has 1 aromatic carbocycles. The molecular weight excluding hydrogens is 352 g/mol. The minimum absolute atomic E-state index is 0.0310. The van der Waals surface area contributed by atoms with Gasteiger partial charge in [0.15, 0.2) is 6.10 Å². The first-order chi connectivity index (χ1) is 11.2. The van der Waals surface area contributed by atoms with Crippen LogP contribution in [-0.4, -0.2) is 16.0 Å². The van der Waals surface area contributed by atoms with Gasteiger partial charge in [0.1, 0.15) is 5.82 Å². The summed E-state index contributed by atoms with van der Waals surface area (Å²) in [6.07, 6.45) is -4.41. The number of carbonyl (C=O) groups excluding carboxylic acids is 1. The molecule has 0 spiro atoms. The molecule has 128 valence electrons. The Kier molecular flexibility index (Phi) is 5.40. The number of halogens is 5. The van der Waals surface area contributed by atoms with Crippen LogP contribution in [-0.2, 0) is 17.5 Å². The number of hydrogen-bond acceptors (Lipinski definition) is 3. The Hall–Kier alpha value is -2.19. The van der Waals surface area contributed by atoms with Crippen molar-refractivity contribution >= 4 is 17.5 Å². The average molecular weight is 363 g/mol. The molecule has 1 heterocycles. The van der Waals surface area contributed by atoms with Crippen molar-refractivity contribution in [3.8, 4) is 0 Å². The van der Waals surface area contributed by atoms with E-state index in [1.54, 1.807) is 0 Å². The van der Waals surface area contributed by atoms with Crippen LogP contribution in [0.15, 0.2) is 36.7 Å². The zero-order valence-corrected chi connectivity index (χ0v) is 12.7. The second-order valence-electron chi connectivity index (χ2n) is 4.87. The number of rotatable bonds is 4. The maximum atomic E-state index is 13.3. The lowest BCUT2D eigenvalue weighted by Gasteiger charge is -2.13. The molecule has 0 fully saturated rings. The van der Waals surface area contributed by atoms with E-state index >= 15 is 0 Å². The quantitative estimate of drug-likeness (QED) is 0.821. The fraction of sp³-hybridized carbons (Fsp3) is 0.200. The smallest absolute Gasteiger partial charge is 0.378 e. The predicted octanol–water partition coefficient (Wildman–Crippen LogP) is 3.24. The Bertz CT molecular complexity index is 752. The van der Waals surface area contributed by atoms with E-state index in [4.69, 9.17) is 11.6 Å². The third kappa shape index (κ3) is 4.42. The standard InChI is InChI=1S/C15H11ClF4N2O2/c16-11-2-1-9(4-12(11)17)13(23)14(24)22-6-8-3-10(7-21-5-8)15(18,19)20/h1-5,7,13,23H,6H2,(H,22,24). The van der Waals surface area contributed by atoms with Crippen LogP contribution in [0.3, 0.4) is 0 Å². The summed E-state index contributed by atoms with van der Waals surface area (Å²) in [6.45, 7) is -0.275. The molecule has 4 nitrogen and oxygen atoms in total. The Labute approximate surface area is 139 Å². The SMILES string of the molecule is O=C(NCc1cncc(C(F)(F)F)c1)C(O)c1ccc(Cl)c(F)c1. The van der Waals surface area contributed by atoms with Crippen LogP contribution in [0.4, 0.5) is 17.6 Å². The molecule has 2 aromatic rings. The second-order valence-corrected chi connectivity index (χ2v) is 5.28. The van der Waals surface area contributed by atoms with Crippen molar-refractivity contribution in [2.24, 2.45) is 0 Å².